The Balaban J connectivity index is 1.75. The number of hydroxylamine groups is 1. The lowest BCUT2D eigenvalue weighted by Crippen LogP contribution is -2.49. The first kappa shape index (κ1) is 21.5. The van der Waals surface area contributed by atoms with Gasteiger partial charge in [0.15, 0.2) is 0 Å². The third-order valence-corrected chi connectivity index (χ3v) is 8.24. The average molecular weight is 436 g/mol. The number of carbonyl (C=O) groups excluding carboxylic acids is 1. The minimum atomic E-state index is -3.58. The number of hydrogen-bond acceptors (Lipinski definition) is 4. The summed E-state index contributed by atoms with van der Waals surface area (Å²) in [6.07, 6.45) is 0.335. The van der Waals surface area contributed by atoms with Crippen LogP contribution in [-0.4, -0.2) is 28.4 Å². The third-order valence-electron chi connectivity index (χ3n) is 5.58. The molecule has 1 amide bonds. The minimum absolute atomic E-state index is 0.226. The number of benzene rings is 3. The molecule has 1 heterocycles. The lowest BCUT2D eigenvalue weighted by atomic mass is 9.95. The van der Waals surface area contributed by atoms with Gasteiger partial charge in [-0.15, -0.1) is 0 Å². The SMILES string of the molecule is CCOP(=O)(c1ccc(-c2ccccc2)cc1)N1Cc2ccccc2C[C@@H]1C(=O)NO. The first-order chi connectivity index (χ1) is 15.1. The van der Waals surface area contributed by atoms with Gasteiger partial charge in [0.1, 0.15) is 6.04 Å². The first-order valence-electron chi connectivity index (χ1n) is 10.3. The van der Waals surface area contributed by atoms with Crippen molar-refractivity contribution in [3.05, 3.63) is 90.0 Å². The molecule has 1 aliphatic rings. The molecule has 0 spiro atoms. The van der Waals surface area contributed by atoms with Crippen molar-refractivity contribution in [2.75, 3.05) is 6.61 Å². The van der Waals surface area contributed by atoms with E-state index in [-0.39, 0.29) is 13.2 Å². The van der Waals surface area contributed by atoms with Crippen molar-refractivity contribution in [3.8, 4) is 11.1 Å². The van der Waals surface area contributed by atoms with Gasteiger partial charge in [0.05, 0.1) is 11.9 Å². The number of fused-ring (bicyclic) bond motifs is 1. The van der Waals surface area contributed by atoms with Crippen molar-refractivity contribution in [1.82, 2.24) is 10.2 Å². The first-order valence-corrected chi connectivity index (χ1v) is 11.8. The van der Waals surface area contributed by atoms with Crippen LogP contribution in [0.2, 0.25) is 0 Å². The van der Waals surface area contributed by atoms with E-state index in [0.29, 0.717) is 11.7 Å². The second-order valence-electron chi connectivity index (χ2n) is 7.41. The Morgan fingerprint density at radius 2 is 1.61 bits per heavy atom. The predicted molar refractivity (Wildman–Crippen MR) is 120 cm³/mol. The van der Waals surface area contributed by atoms with E-state index in [1.54, 1.807) is 29.2 Å². The summed E-state index contributed by atoms with van der Waals surface area (Å²) < 4.78 is 21.8. The van der Waals surface area contributed by atoms with Crippen LogP contribution in [0.15, 0.2) is 78.9 Å². The molecule has 1 unspecified atom stereocenters. The van der Waals surface area contributed by atoms with E-state index in [0.717, 1.165) is 22.3 Å². The third kappa shape index (κ3) is 4.21. The number of nitrogens with zero attached hydrogens (tertiary/aromatic N) is 1. The van der Waals surface area contributed by atoms with Gasteiger partial charge < -0.3 is 4.52 Å². The highest BCUT2D eigenvalue weighted by molar-refractivity contribution is 7.64. The summed E-state index contributed by atoms with van der Waals surface area (Å²) in [4.78, 5) is 12.5. The fourth-order valence-corrected chi connectivity index (χ4v) is 6.40. The van der Waals surface area contributed by atoms with Gasteiger partial charge in [-0.25, -0.2) is 10.2 Å². The van der Waals surface area contributed by atoms with E-state index in [4.69, 9.17) is 4.52 Å². The molecule has 0 radical (unpaired) electrons. The molecule has 0 saturated carbocycles. The molecule has 0 aromatic heterocycles. The molecule has 1 aliphatic heterocycles. The van der Waals surface area contributed by atoms with Crippen molar-refractivity contribution >= 4 is 18.7 Å². The summed E-state index contributed by atoms with van der Waals surface area (Å²) in [6, 6.07) is 24.3. The largest absolute Gasteiger partial charge is 0.314 e. The Bertz CT molecular complexity index is 1100. The summed E-state index contributed by atoms with van der Waals surface area (Å²) in [7, 11) is -3.58. The maximum atomic E-state index is 14.3. The minimum Gasteiger partial charge on any atom is -0.314 e. The zero-order valence-electron chi connectivity index (χ0n) is 17.3. The van der Waals surface area contributed by atoms with Crippen LogP contribution < -0.4 is 10.8 Å². The van der Waals surface area contributed by atoms with E-state index in [1.165, 1.54) is 0 Å². The highest BCUT2D eigenvalue weighted by atomic mass is 31.2. The summed E-state index contributed by atoms with van der Waals surface area (Å²) in [5.74, 6) is -0.602. The van der Waals surface area contributed by atoms with Crippen LogP contribution in [0.5, 0.6) is 0 Å². The van der Waals surface area contributed by atoms with Crippen LogP contribution in [0.4, 0.5) is 0 Å². The number of amides is 1. The molecule has 3 aromatic carbocycles. The Labute approximate surface area is 181 Å². The van der Waals surface area contributed by atoms with Gasteiger partial charge >= 0.3 is 7.52 Å². The second-order valence-corrected chi connectivity index (χ2v) is 9.74. The van der Waals surface area contributed by atoms with Gasteiger partial charge in [0, 0.05) is 6.54 Å². The predicted octanol–water partition coefficient (Wildman–Crippen LogP) is 4.14. The number of nitrogens with one attached hydrogen (secondary N) is 1. The highest BCUT2D eigenvalue weighted by Gasteiger charge is 2.44. The van der Waals surface area contributed by atoms with Crippen molar-refractivity contribution in [2.24, 2.45) is 0 Å². The molecule has 31 heavy (non-hydrogen) atoms. The molecular weight excluding hydrogens is 411 g/mol. The van der Waals surface area contributed by atoms with Crippen molar-refractivity contribution in [2.45, 2.75) is 25.9 Å². The average Bonchev–Trinajstić information content (AvgIpc) is 2.83. The Hall–Kier alpha value is -2.76. The number of rotatable bonds is 6. The van der Waals surface area contributed by atoms with E-state index in [2.05, 4.69) is 0 Å². The van der Waals surface area contributed by atoms with Crippen LogP contribution in [0.3, 0.4) is 0 Å². The van der Waals surface area contributed by atoms with Crippen molar-refractivity contribution in [3.63, 3.8) is 0 Å². The van der Waals surface area contributed by atoms with Gasteiger partial charge in [-0.1, -0.05) is 66.7 Å². The van der Waals surface area contributed by atoms with Gasteiger partial charge in [-0.3, -0.25) is 14.6 Å². The Kier molecular flexibility index (Phi) is 6.35. The van der Waals surface area contributed by atoms with E-state index in [9.17, 15) is 14.6 Å². The van der Waals surface area contributed by atoms with Crippen LogP contribution in [-0.2, 0) is 26.8 Å². The molecule has 0 bridgehead atoms. The lowest BCUT2D eigenvalue weighted by molar-refractivity contribution is -0.133. The van der Waals surface area contributed by atoms with E-state index < -0.39 is 19.5 Å². The maximum Gasteiger partial charge on any atom is 0.303 e. The van der Waals surface area contributed by atoms with Crippen LogP contribution >= 0.6 is 7.52 Å². The smallest absolute Gasteiger partial charge is 0.303 e. The standard InChI is InChI=1S/C24H25N2O4P/c1-2-30-31(29,22-14-12-19(13-15-22)18-8-4-3-5-9-18)26-17-21-11-7-6-10-20(21)16-23(26)24(27)25-28/h3-15,23,28H,2,16-17H2,1H3,(H,25,27)/t23-,31?/m1/s1. The molecule has 0 fully saturated rings. The van der Waals surface area contributed by atoms with Crippen LogP contribution in [0.1, 0.15) is 18.1 Å². The Morgan fingerprint density at radius 3 is 2.26 bits per heavy atom. The molecular formula is C24H25N2O4P. The van der Waals surface area contributed by atoms with Crippen LogP contribution in [0.25, 0.3) is 11.1 Å². The summed E-state index contributed by atoms with van der Waals surface area (Å²) in [5.41, 5.74) is 5.78. The van der Waals surface area contributed by atoms with Crippen LogP contribution in [0, 0.1) is 0 Å². The molecule has 2 atom stereocenters. The molecule has 4 rings (SSSR count). The zero-order valence-corrected chi connectivity index (χ0v) is 18.2. The molecule has 2 N–H and O–H groups in total. The monoisotopic (exact) mass is 436 g/mol. The fourth-order valence-electron chi connectivity index (χ4n) is 4.03. The van der Waals surface area contributed by atoms with Crippen molar-refractivity contribution < 1.29 is 19.1 Å². The van der Waals surface area contributed by atoms with Gasteiger partial charge in [-0.05, 0) is 47.7 Å². The molecule has 0 aliphatic carbocycles. The fraction of sp³-hybridized carbons (Fsp3) is 0.208. The topological polar surface area (TPSA) is 78.9 Å². The van der Waals surface area contributed by atoms with Gasteiger partial charge in [0.25, 0.3) is 5.91 Å². The molecule has 0 saturated heterocycles. The lowest BCUT2D eigenvalue weighted by Gasteiger charge is -2.39. The maximum absolute atomic E-state index is 14.3. The quantitative estimate of drug-likeness (QED) is 0.345. The number of carbonyl (C=O) groups is 1. The molecule has 7 heteroatoms. The zero-order chi connectivity index (χ0) is 21.8. The number of hydrogen-bond donors (Lipinski definition) is 2. The Morgan fingerprint density at radius 1 is 1.00 bits per heavy atom. The van der Waals surface area contributed by atoms with Gasteiger partial charge in [0.2, 0.25) is 0 Å². The summed E-state index contributed by atoms with van der Waals surface area (Å²) in [5, 5.41) is 9.84. The van der Waals surface area contributed by atoms with Crippen molar-refractivity contribution in [1.29, 1.82) is 0 Å². The molecule has 6 nitrogen and oxygen atoms in total. The van der Waals surface area contributed by atoms with Gasteiger partial charge in [-0.2, -0.15) is 0 Å². The highest BCUT2D eigenvalue weighted by Crippen LogP contribution is 2.53. The normalized spacial score (nSPS) is 18.1. The second kappa shape index (κ2) is 9.16. The summed E-state index contributed by atoms with van der Waals surface area (Å²) >= 11 is 0. The van der Waals surface area contributed by atoms with E-state index in [1.807, 2.05) is 66.7 Å². The molecule has 160 valence electrons. The van der Waals surface area contributed by atoms with E-state index >= 15 is 0 Å². The summed E-state index contributed by atoms with van der Waals surface area (Å²) in [6.45, 7) is 2.29. The molecule has 3 aromatic rings.